The maximum atomic E-state index is 4.42. The normalized spacial score (nSPS) is 10.8. The zero-order valence-corrected chi connectivity index (χ0v) is 10.9. The van der Waals surface area contributed by atoms with Gasteiger partial charge in [0.25, 0.3) is 0 Å². The van der Waals surface area contributed by atoms with Gasteiger partial charge in [-0.15, -0.1) is 0 Å². The van der Waals surface area contributed by atoms with Crippen LogP contribution in [0.25, 0.3) is 0 Å². The first-order chi connectivity index (χ1) is 8.25. The Morgan fingerprint density at radius 2 is 2.29 bits per heavy atom. The summed E-state index contributed by atoms with van der Waals surface area (Å²) in [6, 6.07) is 4.03. The third kappa shape index (κ3) is 3.49. The summed E-state index contributed by atoms with van der Waals surface area (Å²) in [5.74, 6) is 1.30. The molecule has 1 N–H and O–H groups in total. The van der Waals surface area contributed by atoms with Crippen LogP contribution in [0.15, 0.2) is 24.5 Å². The van der Waals surface area contributed by atoms with Gasteiger partial charge >= 0.3 is 0 Å². The molecule has 2 aromatic rings. The molecule has 4 nitrogen and oxygen atoms in total. The van der Waals surface area contributed by atoms with Gasteiger partial charge in [-0.1, -0.05) is 19.9 Å². The molecule has 5 heteroatoms. The van der Waals surface area contributed by atoms with Crippen molar-refractivity contribution in [3.05, 3.63) is 35.9 Å². The van der Waals surface area contributed by atoms with Gasteiger partial charge in [-0.25, -0.2) is 4.98 Å². The van der Waals surface area contributed by atoms with Crippen LogP contribution in [0, 0.1) is 0 Å². The number of pyridine rings is 1. The lowest BCUT2D eigenvalue weighted by atomic mass is 10.2. The highest BCUT2D eigenvalue weighted by Crippen LogP contribution is 2.17. The van der Waals surface area contributed by atoms with Gasteiger partial charge in [0.1, 0.15) is 5.82 Å². The van der Waals surface area contributed by atoms with E-state index >= 15 is 0 Å². The predicted octanol–water partition coefficient (Wildman–Crippen LogP) is 2.71. The molecule has 2 rings (SSSR count). The summed E-state index contributed by atoms with van der Waals surface area (Å²) in [4.78, 5) is 8.51. The van der Waals surface area contributed by atoms with E-state index in [4.69, 9.17) is 0 Å². The fourth-order valence-electron chi connectivity index (χ4n) is 1.40. The van der Waals surface area contributed by atoms with Crippen molar-refractivity contribution in [1.29, 1.82) is 0 Å². The smallest absolute Gasteiger partial charge is 0.202 e. The van der Waals surface area contributed by atoms with Crippen LogP contribution >= 0.6 is 11.5 Å². The van der Waals surface area contributed by atoms with Gasteiger partial charge in [-0.05, 0) is 18.1 Å². The minimum absolute atomic E-state index is 0.389. The quantitative estimate of drug-likeness (QED) is 0.884. The second-order valence-corrected chi connectivity index (χ2v) is 4.90. The molecule has 0 aliphatic carbocycles. The molecule has 0 aromatic carbocycles. The van der Waals surface area contributed by atoms with Crippen LogP contribution in [0.4, 0.5) is 5.13 Å². The summed E-state index contributed by atoms with van der Waals surface area (Å²) in [6.45, 7) is 5.06. The first-order valence-electron chi connectivity index (χ1n) is 5.72. The van der Waals surface area contributed by atoms with E-state index < -0.39 is 0 Å². The lowest BCUT2D eigenvalue weighted by Gasteiger charge is -2.01. The number of aromatic nitrogens is 3. The molecule has 0 spiro atoms. The van der Waals surface area contributed by atoms with E-state index in [2.05, 4.69) is 39.6 Å². The monoisotopic (exact) mass is 248 g/mol. The molecule has 2 heterocycles. The molecule has 0 amide bonds. The van der Waals surface area contributed by atoms with Crippen molar-refractivity contribution in [1.82, 2.24) is 14.3 Å². The largest absolute Gasteiger partial charge is 0.360 e. The molecular weight excluding hydrogens is 232 g/mol. The average molecular weight is 248 g/mol. The molecule has 90 valence electrons. The zero-order valence-electron chi connectivity index (χ0n) is 10.1. The summed E-state index contributed by atoms with van der Waals surface area (Å²) >= 11 is 1.43. The zero-order chi connectivity index (χ0) is 12.1. The van der Waals surface area contributed by atoms with Crippen molar-refractivity contribution < 1.29 is 0 Å². The van der Waals surface area contributed by atoms with E-state index in [0.717, 1.165) is 23.9 Å². The lowest BCUT2D eigenvalue weighted by molar-refractivity contribution is 0.799. The molecule has 0 bridgehead atoms. The molecule has 0 unspecified atom stereocenters. The average Bonchev–Trinajstić information content (AvgIpc) is 2.79. The van der Waals surface area contributed by atoms with Crippen LogP contribution in [0.2, 0.25) is 0 Å². The summed E-state index contributed by atoms with van der Waals surface area (Å²) in [7, 11) is 0. The Kier molecular flexibility index (Phi) is 4.03. The molecule has 0 radical (unpaired) electrons. The van der Waals surface area contributed by atoms with Crippen molar-refractivity contribution in [2.75, 3.05) is 11.9 Å². The minimum atomic E-state index is 0.389. The molecule has 0 aliphatic heterocycles. The molecule has 0 atom stereocenters. The highest BCUT2D eigenvalue weighted by Gasteiger charge is 2.06. The molecule has 0 saturated carbocycles. The number of hydrogen-bond acceptors (Lipinski definition) is 5. The Balaban J connectivity index is 1.82. The van der Waals surface area contributed by atoms with Gasteiger partial charge in [0.2, 0.25) is 5.13 Å². The number of anilines is 1. The molecule has 2 aromatic heterocycles. The predicted molar refractivity (Wildman–Crippen MR) is 70.4 cm³/mol. The van der Waals surface area contributed by atoms with Crippen LogP contribution in [0.3, 0.4) is 0 Å². The highest BCUT2D eigenvalue weighted by atomic mass is 32.1. The van der Waals surface area contributed by atoms with Crippen LogP contribution < -0.4 is 5.32 Å². The number of rotatable bonds is 5. The third-order valence-electron chi connectivity index (χ3n) is 2.37. The van der Waals surface area contributed by atoms with Crippen LogP contribution in [0.1, 0.15) is 31.2 Å². The molecule has 0 saturated heterocycles. The van der Waals surface area contributed by atoms with E-state index in [1.54, 1.807) is 6.20 Å². The highest BCUT2D eigenvalue weighted by molar-refractivity contribution is 7.09. The van der Waals surface area contributed by atoms with Gasteiger partial charge in [-0.3, -0.25) is 4.98 Å². The standard InChI is InChI=1S/C12H16N4S/c1-9(2)11-15-12(17-16-11)14-7-5-10-4-3-6-13-8-10/h3-4,6,8-9H,5,7H2,1-2H3,(H,14,15,16). The topological polar surface area (TPSA) is 50.7 Å². The maximum absolute atomic E-state index is 4.42. The molecular formula is C12H16N4S. The van der Waals surface area contributed by atoms with Gasteiger partial charge in [0.15, 0.2) is 0 Å². The van der Waals surface area contributed by atoms with Crippen molar-refractivity contribution in [2.24, 2.45) is 0 Å². The maximum Gasteiger partial charge on any atom is 0.202 e. The van der Waals surface area contributed by atoms with Crippen molar-refractivity contribution >= 4 is 16.7 Å². The fourth-order valence-corrected chi connectivity index (χ4v) is 2.13. The first-order valence-corrected chi connectivity index (χ1v) is 6.49. The second-order valence-electron chi connectivity index (χ2n) is 4.15. The summed E-state index contributed by atoms with van der Waals surface area (Å²) in [5, 5.41) is 4.19. The van der Waals surface area contributed by atoms with Crippen LogP contribution in [-0.2, 0) is 6.42 Å². The lowest BCUT2D eigenvalue weighted by Crippen LogP contribution is -2.04. The van der Waals surface area contributed by atoms with E-state index in [-0.39, 0.29) is 0 Å². The van der Waals surface area contributed by atoms with Gasteiger partial charge < -0.3 is 5.32 Å². The summed E-state index contributed by atoms with van der Waals surface area (Å²) in [5.41, 5.74) is 1.23. The second kappa shape index (κ2) is 5.72. The van der Waals surface area contributed by atoms with E-state index in [1.807, 2.05) is 12.3 Å². The molecule has 0 fully saturated rings. The Hall–Kier alpha value is -1.49. The third-order valence-corrected chi connectivity index (χ3v) is 3.06. The van der Waals surface area contributed by atoms with Crippen molar-refractivity contribution in [2.45, 2.75) is 26.2 Å². The summed E-state index contributed by atoms with van der Waals surface area (Å²) in [6.07, 6.45) is 4.63. The van der Waals surface area contributed by atoms with Gasteiger partial charge in [-0.2, -0.15) is 4.37 Å². The van der Waals surface area contributed by atoms with Gasteiger partial charge in [0, 0.05) is 36.4 Å². The van der Waals surface area contributed by atoms with Crippen molar-refractivity contribution in [3.8, 4) is 0 Å². The molecule has 17 heavy (non-hydrogen) atoms. The number of hydrogen-bond donors (Lipinski definition) is 1. The summed E-state index contributed by atoms with van der Waals surface area (Å²) < 4.78 is 4.30. The van der Waals surface area contributed by atoms with E-state index in [1.165, 1.54) is 17.1 Å². The first kappa shape index (κ1) is 12.0. The van der Waals surface area contributed by atoms with Gasteiger partial charge in [0.05, 0.1) is 0 Å². The number of nitrogens with zero attached hydrogens (tertiary/aromatic N) is 3. The van der Waals surface area contributed by atoms with Crippen LogP contribution in [0.5, 0.6) is 0 Å². The van der Waals surface area contributed by atoms with Crippen LogP contribution in [-0.4, -0.2) is 20.9 Å². The Morgan fingerprint density at radius 1 is 1.41 bits per heavy atom. The van der Waals surface area contributed by atoms with E-state index in [9.17, 15) is 0 Å². The Labute approximate surface area is 105 Å². The van der Waals surface area contributed by atoms with E-state index in [0.29, 0.717) is 5.92 Å². The minimum Gasteiger partial charge on any atom is -0.360 e. The SMILES string of the molecule is CC(C)c1nsc(NCCc2cccnc2)n1. The molecule has 0 aliphatic rings. The number of nitrogens with one attached hydrogen (secondary N) is 1. The Morgan fingerprint density at radius 3 is 2.94 bits per heavy atom. The fraction of sp³-hybridized carbons (Fsp3) is 0.417. The van der Waals surface area contributed by atoms with Crippen molar-refractivity contribution in [3.63, 3.8) is 0 Å². The Bertz CT molecular complexity index is 453.